The number of nitriles is 1. The monoisotopic (exact) mass is 225 g/mol. The van der Waals surface area contributed by atoms with Gasteiger partial charge in [-0.25, -0.2) is 0 Å². The summed E-state index contributed by atoms with van der Waals surface area (Å²) in [5, 5.41) is 8.47. The summed E-state index contributed by atoms with van der Waals surface area (Å²) in [7, 11) is 1.73. The van der Waals surface area contributed by atoms with Crippen molar-refractivity contribution in [3.8, 4) is 6.07 Å². The molecule has 92 valence electrons. The van der Waals surface area contributed by atoms with Crippen LogP contribution >= 0.6 is 0 Å². The third kappa shape index (κ3) is 5.72. The molecule has 16 heavy (non-hydrogen) atoms. The second kappa shape index (κ2) is 6.49. The van der Waals surface area contributed by atoms with E-state index in [1.807, 2.05) is 6.07 Å². The van der Waals surface area contributed by atoms with E-state index in [1.165, 1.54) is 0 Å². The molecule has 1 unspecified atom stereocenters. The maximum Gasteiger partial charge on any atom is 0.226 e. The van der Waals surface area contributed by atoms with Crippen LogP contribution in [0.25, 0.3) is 0 Å². The molecule has 0 fully saturated rings. The summed E-state index contributed by atoms with van der Waals surface area (Å²) < 4.78 is 0. The number of carbonyl (C=O) groups is 1. The second-order valence-electron chi connectivity index (χ2n) is 5.37. The Bertz CT molecular complexity index is 262. The van der Waals surface area contributed by atoms with E-state index in [1.54, 1.807) is 11.9 Å². The van der Waals surface area contributed by atoms with E-state index < -0.39 is 0 Å². The maximum atomic E-state index is 12.0. The molecule has 0 bridgehead atoms. The minimum absolute atomic E-state index is 0.0488. The molecule has 0 radical (unpaired) electrons. The summed E-state index contributed by atoms with van der Waals surface area (Å²) in [6, 6.07) is 2.03. The average molecular weight is 225 g/mol. The topological polar surface area (TPSA) is 70.1 Å². The summed E-state index contributed by atoms with van der Waals surface area (Å²) in [5.74, 6) is -0.0867. The van der Waals surface area contributed by atoms with Crippen molar-refractivity contribution in [2.24, 2.45) is 17.1 Å². The highest BCUT2D eigenvalue weighted by Crippen LogP contribution is 2.24. The lowest BCUT2D eigenvalue weighted by atomic mass is 9.84. The van der Waals surface area contributed by atoms with Crippen LogP contribution in [0, 0.1) is 22.7 Å². The summed E-state index contributed by atoms with van der Waals surface area (Å²) in [5.41, 5.74) is 5.73. The van der Waals surface area contributed by atoms with E-state index >= 15 is 0 Å². The largest absolute Gasteiger partial charge is 0.344 e. The number of amides is 1. The highest BCUT2D eigenvalue weighted by Gasteiger charge is 2.25. The molecule has 1 amide bonds. The molecule has 0 aromatic heterocycles. The smallest absolute Gasteiger partial charge is 0.226 e. The zero-order chi connectivity index (χ0) is 12.8. The van der Waals surface area contributed by atoms with Crippen molar-refractivity contribution in [2.45, 2.75) is 33.6 Å². The molecule has 0 rings (SSSR count). The SMILES string of the molecule is CN(CCC#N)C(=O)C(CN)CC(C)(C)C. The minimum Gasteiger partial charge on any atom is -0.344 e. The Morgan fingerprint density at radius 3 is 2.44 bits per heavy atom. The molecule has 0 heterocycles. The second-order valence-corrected chi connectivity index (χ2v) is 5.37. The lowest BCUT2D eigenvalue weighted by molar-refractivity contribution is -0.134. The van der Waals surface area contributed by atoms with Gasteiger partial charge in [0.15, 0.2) is 0 Å². The van der Waals surface area contributed by atoms with E-state index in [2.05, 4.69) is 20.8 Å². The van der Waals surface area contributed by atoms with Crippen molar-refractivity contribution in [3.63, 3.8) is 0 Å². The molecule has 0 spiro atoms. The van der Waals surface area contributed by atoms with Gasteiger partial charge in [0.1, 0.15) is 0 Å². The van der Waals surface area contributed by atoms with Gasteiger partial charge >= 0.3 is 0 Å². The van der Waals surface area contributed by atoms with Crippen LogP contribution in [0.4, 0.5) is 0 Å². The summed E-state index contributed by atoms with van der Waals surface area (Å²) in [6.45, 7) is 7.14. The van der Waals surface area contributed by atoms with E-state index in [9.17, 15) is 4.79 Å². The van der Waals surface area contributed by atoms with Gasteiger partial charge in [-0.15, -0.1) is 0 Å². The van der Waals surface area contributed by atoms with E-state index in [0.717, 1.165) is 6.42 Å². The maximum absolute atomic E-state index is 12.0. The highest BCUT2D eigenvalue weighted by atomic mass is 16.2. The Labute approximate surface area is 98.4 Å². The Kier molecular flexibility index (Phi) is 6.05. The first-order chi connectivity index (χ1) is 7.31. The molecular weight excluding hydrogens is 202 g/mol. The molecule has 0 aliphatic carbocycles. The van der Waals surface area contributed by atoms with Gasteiger partial charge in [0.2, 0.25) is 5.91 Å². The molecule has 2 N–H and O–H groups in total. The lowest BCUT2D eigenvalue weighted by Crippen LogP contribution is -2.38. The molecule has 0 aliphatic rings. The van der Waals surface area contributed by atoms with Crippen LogP contribution in [0.2, 0.25) is 0 Å². The van der Waals surface area contributed by atoms with E-state index in [-0.39, 0.29) is 17.2 Å². The minimum atomic E-state index is -0.135. The molecule has 0 saturated heterocycles. The number of nitrogens with two attached hydrogens (primary N) is 1. The molecule has 0 saturated carbocycles. The Morgan fingerprint density at radius 1 is 1.50 bits per heavy atom. The van der Waals surface area contributed by atoms with Crippen LogP contribution in [-0.2, 0) is 4.79 Å². The van der Waals surface area contributed by atoms with Crippen molar-refractivity contribution in [2.75, 3.05) is 20.1 Å². The summed E-state index contributed by atoms with van der Waals surface area (Å²) in [4.78, 5) is 13.6. The molecule has 1 atom stereocenters. The lowest BCUT2D eigenvalue weighted by Gasteiger charge is -2.27. The third-order valence-electron chi connectivity index (χ3n) is 2.43. The van der Waals surface area contributed by atoms with Gasteiger partial charge in [-0.05, 0) is 11.8 Å². The number of hydrogen-bond acceptors (Lipinski definition) is 3. The normalized spacial score (nSPS) is 13.0. The number of hydrogen-bond donors (Lipinski definition) is 1. The fourth-order valence-electron chi connectivity index (χ4n) is 1.65. The fourth-order valence-corrected chi connectivity index (χ4v) is 1.65. The van der Waals surface area contributed by atoms with Gasteiger partial charge < -0.3 is 10.6 Å². The summed E-state index contributed by atoms with van der Waals surface area (Å²) in [6.07, 6.45) is 1.15. The Morgan fingerprint density at radius 2 is 2.06 bits per heavy atom. The van der Waals surface area contributed by atoms with Crippen molar-refractivity contribution in [1.82, 2.24) is 4.90 Å². The van der Waals surface area contributed by atoms with Gasteiger partial charge in [-0.1, -0.05) is 20.8 Å². The zero-order valence-electron chi connectivity index (χ0n) is 10.8. The highest BCUT2D eigenvalue weighted by molar-refractivity contribution is 5.78. The van der Waals surface area contributed by atoms with Gasteiger partial charge in [-0.3, -0.25) is 4.79 Å². The summed E-state index contributed by atoms with van der Waals surface area (Å²) >= 11 is 0. The van der Waals surface area contributed by atoms with Crippen LogP contribution in [0.5, 0.6) is 0 Å². The van der Waals surface area contributed by atoms with Crippen molar-refractivity contribution in [1.29, 1.82) is 5.26 Å². The quantitative estimate of drug-likeness (QED) is 0.768. The molecule has 4 heteroatoms. The van der Waals surface area contributed by atoms with Crippen LogP contribution in [0.3, 0.4) is 0 Å². The van der Waals surface area contributed by atoms with Crippen LogP contribution in [-0.4, -0.2) is 30.9 Å². The van der Waals surface area contributed by atoms with Gasteiger partial charge in [0.25, 0.3) is 0 Å². The molecule has 0 aromatic carbocycles. The first-order valence-corrected chi connectivity index (χ1v) is 5.64. The van der Waals surface area contributed by atoms with Crippen LogP contribution in [0.1, 0.15) is 33.6 Å². The number of rotatable bonds is 5. The van der Waals surface area contributed by atoms with Crippen LogP contribution < -0.4 is 5.73 Å². The molecule has 0 aliphatic heterocycles. The van der Waals surface area contributed by atoms with Crippen molar-refractivity contribution in [3.05, 3.63) is 0 Å². The zero-order valence-corrected chi connectivity index (χ0v) is 10.8. The predicted molar refractivity (Wildman–Crippen MR) is 64.5 cm³/mol. The third-order valence-corrected chi connectivity index (χ3v) is 2.43. The van der Waals surface area contributed by atoms with Crippen molar-refractivity contribution >= 4 is 5.91 Å². The first kappa shape index (κ1) is 14.9. The Balaban J connectivity index is 4.36. The number of carbonyl (C=O) groups excluding carboxylic acids is 1. The standard InChI is InChI=1S/C12H23N3O/c1-12(2,3)8-10(9-14)11(16)15(4)7-5-6-13/h10H,5,7-9,14H2,1-4H3. The van der Waals surface area contributed by atoms with Crippen LogP contribution in [0.15, 0.2) is 0 Å². The number of nitrogens with zero attached hydrogens (tertiary/aromatic N) is 2. The van der Waals surface area contributed by atoms with Crippen molar-refractivity contribution < 1.29 is 4.79 Å². The first-order valence-electron chi connectivity index (χ1n) is 5.64. The predicted octanol–water partition coefficient (Wildman–Crippen LogP) is 1.37. The van der Waals surface area contributed by atoms with E-state index in [0.29, 0.717) is 19.5 Å². The van der Waals surface area contributed by atoms with Gasteiger partial charge in [-0.2, -0.15) is 5.26 Å². The molecular formula is C12H23N3O. The fraction of sp³-hybridized carbons (Fsp3) is 0.833. The van der Waals surface area contributed by atoms with Gasteiger partial charge in [0, 0.05) is 20.1 Å². The van der Waals surface area contributed by atoms with E-state index in [4.69, 9.17) is 11.0 Å². The van der Waals surface area contributed by atoms with Gasteiger partial charge in [0.05, 0.1) is 18.4 Å². The molecule has 0 aromatic rings. The average Bonchev–Trinajstić information content (AvgIpc) is 2.20. The molecule has 4 nitrogen and oxygen atoms in total. The Hall–Kier alpha value is -1.08.